The van der Waals surface area contributed by atoms with Gasteiger partial charge in [-0.15, -0.1) is 0 Å². The molecule has 2 N–H and O–H groups in total. The van der Waals surface area contributed by atoms with Gasteiger partial charge in [-0.2, -0.15) is 0 Å². The number of halogens is 1. The Morgan fingerprint density at radius 1 is 1.48 bits per heavy atom. The fourth-order valence-electron chi connectivity index (χ4n) is 2.13. The second-order valence-corrected chi connectivity index (χ2v) is 7.04. The zero-order chi connectivity index (χ0) is 16.2. The third-order valence-electron chi connectivity index (χ3n) is 2.79. The molecule has 1 aromatic rings. The normalized spacial score (nSPS) is 12.8. The van der Waals surface area contributed by atoms with E-state index in [1.165, 1.54) is 6.07 Å². The van der Waals surface area contributed by atoms with Gasteiger partial charge in [0, 0.05) is 16.6 Å². The molecule has 0 fully saturated rings. The summed E-state index contributed by atoms with van der Waals surface area (Å²) in [7, 11) is 0. The van der Waals surface area contributed by atoms with Crippen LogP contribution in [0.3, 0.4) is 0 Å². The lowest BCUT2D eigenvalue weighted by Crippen LogP contribution is -2.28. The van der Waals surface area contributed by atoms with E-state index < -0.39 is 10.9 Å². The minimum absolute atomic E-state index is 0.0671. The Morgan fingerprint density at radius 2 is 2.10 bits per heavy atom. The summed E-state index contributed by atoms with van der Waals surface area (Å²) in [5.41, 5.74) is 0.167. The maximum atomic E-state index is 11.1. The first-order chi connectivity index (χ1) is 9.58. The second-order valence-electron chi connectivity index (χ2n) is 6.12. The fourth-order valence-corrected chi connectivity index (χ4v) is 2.49. The van der Waals surface area contributed by atoms with Gasteiger partial charge in [0.2, 0.25) is 0 Å². The summed E-state index contributed by atoms with van der Waals surface area (Å²) in [4.78, 5) is 21.6. The number of carboxylic acid groups (broad SMARTS) is 1. The first-order valence-corrected chi connectivity index (χ1v) is 7.30. The van der Waals surface area contributed by atoms with Crippen LogP contribution in [0.15, 0.2) is 22.7 Å². The molecule has 0 aromatic heterocycles. The van der Waals surface area contributed by atoms with E-state index in [0.717, 1.165) is 0 Å². The van der Waals surface area contributed by atoms with Crippen molar-refractivity contribution in [3.05, 3.63) is 32.8 Å². The summed E-state index contributed by atoms with van der Waals surface area (Å²) in [5, 5.41) is 23.1. The van der Waals surface area contributed by atoms with E-state index in [-0.39, 0.29) is 23.6 Å². The molecule has 1 atom stereocenters. The number of anilines is 1. The highest BCUT2D eigenvalue weighted by Crippen LogP contribution is 2.31. The van der Waals surface area contributed by atoms with Gasteiger partial charge >= 0.3 is 5.97 Å². The van der Waals surface area contributed by atoms with E-state index in [0.29, 0.717) is 16.6 Å². The van der Waals surface area contributed by atoms with Gasteiger partial charge < -0.3 is 10.4 Å². The monoisotopic (exact) mass is 358 g/mol. The summed E-state index contributed by atoms with van der Waals surface area (Å²) in [6.07, 6.45) is 0.490. The van der Waals surface area contributed by atoms with Gasteiger partial charge in [-0.25, -0.2) is 0 Å². The number of hydrogen-bond acceptors (Lipinski definition) is 4. The maximum absolute atomic E-state index is 11.1. The van der Waals surface area contributed by atoms with Crippen LogP contribution in [0, 0.1) is 15.5 Å². The number of carboxylic acids is 1. The number of hydrogen-bond donors (Lipinski definition) is 2. The van der Waals surface area contributed by atoms with Crippen molar-refractivity contribution in [3.63, 3.8) is 0 Å². The first kappa shape index (κ1) is 17.4. The molecule has 0 aliphatic rings. The van der Waals surface area contributed by atoms with E-state index in [2.05, 4.69) is 21.2 Å². The fraction of sp³-hybridized carbons (Fsp3) is 0.500. The molecule has 0 heterocycles. The average Bonchev–Trinajstić information content (AvgIpc) is 2.24. The number of rotatable bonds is 6. The summed E-state index contributed by atoms with van der Waals surface area (Å²) in [6.45, 7) is 6.00. The standard InChI is InChI=1S/C14H19BrN2O4/c1-14(2,3)8-10(7-13(18)19)16-11-6-9(15)4-5-12(11)17(20)21/h4-6,10,16H,7-8H2,1-3H3,(H,18,19). The first-order valence-electron chi connectivity index (χ1n) is 6.51. The van der Waals surface area contributed by atoms with Crippen LogP contribution < -0.4 is 5.32 Å². The van der Waals surface area contributed by atoms with Gasteiger partial charge in [-0.1, -0.05) is 36.7 Å². The molecule has 0 bridgehead atoms. The lowest BCUT2D eigenvalue weighted by Gasteiger charge is -2.26. The van der Waals surface area contributed by atoms with E-state index in [9.17, 15) is 14.9 Å². The number of benzene rings is 1. The minimum atomic E-state index is -0.936. The van der Waals surface area contributed by atoms with Crippen LogP contribution in [0.25, 0.3) is 0 Å². The quantitative estimate of drug-likeness (QED) is 0.591. The second kappa shape index (κ2) is 6.89. The Balaban J connectivity index is 3.04. The van der Waals surface area contributed by atoms with Crippen molar-refractivity contribution in [1.82, 2.24) is 0 Å². The van der Waals surface area contributed by atoms with E-state index in [1.807, 2.05) is 20.8 Å². The van der Waals surface area contributed by atoms with Crippen LogP contribution in [0.2, 0.25) is 0 Å². The highest BCUT2D eigenvalue weighted by Gasteiger charge is 2.24. The van der Waals surface area contributed by atoms with Crippen LogP contribution in [0.4, 0.5) is 11.4 Å². The Bertz CT molecular complexity index is 540. The summed E-state index contributed by atoms with van der Waals surface area (Å²) in [5.74, 6) is -0.936. The molecule has 0 aliphatic carbocycles. The molecular formula is C14H19BrN2O4. The highest BCUT2D eigenvalue weighted by molar-refractivity contribution is 9.10. The number of nitro groups is 1. The van der Waals surface area contributed by atoms with Crippen LogP contribution in [0.5, 0.6) is 0 Å². The smallest absolute Gasteiger partial charge is 0.305 e. The molecule has 0 amide bonds. The lowest BCUT2D eigenvalue weighted by molar-refractivity contribution is -0.384. The molecule has 7 heteroatoms. The number of nitro benzene ring substituents is 1. The molecule has 1 unspecified atom stereocenters. The molecule has 0 saturated heterocycles. The maximum Gasteiger partial charge on any atom is 0.305 e. The van der Waals surface area contributed by atoms with Crippen molar-refractivity contribution < 1.29 is 14.8 Å². The molecule has 0 spiro atoms. The molecule has 1 rings (SSSR count). The van der Waals surface area contributed by atoms with Crippen molar-refractivity contribution in [3.8, 4) is 0 Å². The van der Waals surface area contributed by atoms with Crippen LogP contribution in [-0.2, 0) is 4.79 Å². The third-order valence-corrected chi connectivity index (χ3v) is 3.29. The molecule has 0 saturated carbocycles. The Morgan fingerprint density at radius 3 is 2.57 bits per heavy atom. The molecule has 1 aromatic carbocycles. The molecule has 6 nitrogen and oxygen atoms in total. The molecule has 0 radical (unpaired) electrons. The minimum Gasteiger partial charge on any atom is -0.481 e. The van der Waals surface area contributed by atoms with Gasteiger partial charge in [0.15, 0.2) is 0 Å². The lowest BCUT2D eigenvalue weighted by atomic mass is 9.87. The third kappa shape index (κ3) is 6.12. The van der Waals surface area contributed by atoms with Crippen molar-refractivity contribution in [2.75, 3.05) is 5.32 Å². The van der Waals surface area contributed by atoms with Crippen molar-refractivity contribution in [1.29, 1.82) is 0 Å². The van der Waals surface area contributed by atoms with Crippen molar-refractivity contribution >= 4 is 33.3 Å². The number of nitrogens with zero attached hydrogens (tertiary/aromatic N) is 1. The van der Waals surface area contributed by atoms with Crippen LogP contribution in [-0.4, -0.2) is 22.0 Å². The summed E-state index contributed by atoms with van der Waals surface area (Å²) >= 11 is 3.27. The van der Waals surface area contributed by atoms with Crippen molar-refractivity contribution in [2.24, 2.45) is 5.41 Å². The molecule has 21 heavy (non-hydrogen) atoms. The van der Waals surface area contributed by atoms with Gasteiger partial charge in [0.05, 0.1) is 11.3 Å². The SMILES string of the molecule is CC(C)(C)CC(CC(=O)O)Nc1cc(Br)ccc1[N+](=O)[O-]. The molecular weight excluding hydrogens is 340 g/mol. The van der Waals surface area contributed by atoms with Gasteiger partial charge in [0.25, 0.3) is 5.69 Å². The van der Waals surface area contributed by atoms with E-state index in [4.69, 9.17) is 5.11 Å². The van der Waals surface area contributed by atoms with Crippen LogP contribution in [0.1, 0.15) is 33.6 Å². The number of carbonyl (C=O) groups is 1. The average molecular weight is 359 g/mol. The Hall–Kier alpha value is -1.63. The van der Waals surface area contributed by atoms with Gasteiger partial charge in [0.1, 0.15) is 5.69 Å². The number of nitrogens with one attached hydrogen (secondary N) is 1. The highest BCUT2D eigenvalue weighted by atomic mass is 79.9. The summed E-state index contributed by atoms with van der Waals surface area (Å²) < 4.78 is 0.695. The predicted molar refractivity (Wildman–Crippen MR) is 84.5 cm³/mol. The van der Waals surface area contributed by atoms with E-state index >= 15 is 0 Å². The zero-order valence-electron chi connectivity index (χ0n) is 12.2. The Kier molecular flexibility index (Phi) is 5.71. The van der Waals surface area contributed by atoms with Gasteiger partial charge in [-0.05, 0) is 24.0 Å². The van der Waals surface area contributed by atoms with Crippen molar-refractivity contribution in [2.45, 2.75) is 39.7 Å². The molecule has 116 valence electrons. The van der Waals surface area contributed by atoms with E-state index in [1.54, 1.807) is 12.1 Å². The predicted octanol–water partition coefficient (Wildman–Crippen LogP) is 4.05. The zero-order valence-corrected chi connectivity index (χ0v) is 13.8. The largest absolute Gasteiger partial charge is 0.481 e. The Labute approximate surface area is 131 Å². The summed E-state index contributed by atoms with van der Waals surface area (Å²) in [6, 6.07) is 4.19. The number of aliphatic carboxylic acids is 1. The topological polar surface area (TPSA) is 92.5 Å². The van der Waals surface area contributed by atoms with Crippen LogP contribution >= 0.6 is 15.9 Å². The van der Waals surface area contributed by atoms with Gasteiger partial charge in [-0.3, -0.25) is 14.9 Å². The molecule has 0 aliphatic heterocycles.